The molecule has 9 nitrogen and oxygen atoms in total. The molecule has 0 aliphatic carbocycles. The van der Waals surface area contributed by atoms with Crippen molar-refractivity contribution < 1.29 is 22.4 Å². The SMILES string of the molecule is CC(C)(C)c1nnc(C(=O)N2CCc3[nH]cnc3C2c2cc3c(C(F)(F)F)cccn3n2)o1. The van der Waals surface area contributed by atoms with Crippen molar-refractivity contribution in [2.24, 2.45) is 0 Å². The number of amides is 1. The van der Waals surface area contributed by atoms with Crippen molar-refractivity contribution in [3.8, 4) is 0 Å². The van der Waals surface area contributed by atoms with Crippen molar-refractivity contribution in [3.05, 3.63) is 65.1 Å². The van der Waals surface area contributed by atoms with Gasteiger partial charge in [0.1, 0.15) is 6.04 Å². The summed E-state index contributed by atoms with van der Waals surface area (Å²) < 4.78 is 47.4. The molecule has 1 aliphatic heterocycles. The van der Waals surface area contributed by atoms with Crippen molar-refractivity contribution in [1.29, 1.82) is 0 Å². The van der Waals surface area contributed by atoms with Crippen LogP contribution in [0.4, 0.5) is 13.2 Å². The highest BCUT2D eigenvalue weighted by Crippen LogP contribution is 2.37. The van der Waals surface area contributed by atoms with Crippen LogP contribution in [0.5, 0.6) is 0 Å². The quantitative estimate of drug-likeness (QED) is 0.492. The van der Waals surface area contributed by atoms with E-state index in [-0.39, 0.29) is 23.6 Å². The predicted octanol–water partition coefficient (Wildman–Crippen LogP) is 3.54. The number of alkyl halides is 3. The van der Waals surface area contributed by atoms with E-state index in [2.05, 4.69) is 25.3 Å². The van der Waals surface area contributed by atoms with E-state index in [0.29, 0.717) is 18.0 Å². The van der Waals surface area contributed by atoms with E-state index in [1.54, 1.807) is 0 Å². The molecule has 0 radical (unpaired) electrons. The number of rotatable bonds is 2. The average molecular weight is 459 g/mol. The number of nitrogens with one attached hydrogen (secondary N) is 1. The van der Waals surface area contributed by atoms with E-state index < -0.39 is 29.1 Å². The predicted molar refractivity (Wildman–Crippen MR) is 108 cm³/mol. The van der Waals surface area contributed by atoms with Crippen LogP contribution in [-0.4, -0.2) is 47.1 Å². The Morgan fingerprint density at radius 3 is 2.73 bits per heavy atom. The first kappa shape index (κ1) is 21.2. The van der Waals surface area contributed by atoms with Crippen LogP contribution in [-0.2, 0) is 18.0 Å². The molecular weight excluding hydrogens is 439 g/mol. The van der Waals surface area contributed by atoms with Gasteiger partial charge in [0, 0.05) is 30.3 Å². The molecule has 0 spiro atoms. The fourth-order valence-electron chi connectivity index (χ4n) is 3.94. The summed E-state index contributed by atoms with van der Waals surface area (Å²) in [5.41, 5.74) is 0.191. The molecule has 172 valence electrons. The average Bonchev–Trinajstić information content (AvgIpc) is 3.49. The topological polar surface area (TPSA) is 105 Å². The number of nitrogens with zero attached hydrogens (tertiary/aromatic N) is 6. The number of H-pyrrole nitrogens is 1. The second-order valence-corrected chi connectivity index (χ2v) is 8.90. The minimum Gasteiger partial charge on any atom is -0.416 e. The Morgan fingerprint density at radius 1 is 1.24 bits per heavy atom. The smallest absolute Gasteiger partial charge is 0.416 e. The highest BCUT2D eigenvalue weighted by molar-refractivity contribution is 5.90. The second-order valence-electron chi connectivity index (χ2n) is 8.90. The highest BCUT2D eigenvalue weighted by atomic mass is 19.4. The summed E-state index contributed by atoms with van der Waals surface area (Å²) in [7, 11) is 0. The second kappa shape index (κ2) is 7.15. The monoisotopic (exact) mass is 459 g/mol. The number of fused-ring (bicyclic) bond motifs is 2. The molecule has 12 heteroatoms. The van der Waals surface area contributed by atoms with Crippen LogP contribution in [0.2, 0.25) is 0 Å². The maximum absolute atomic E-state index is 13.5. The summed E-state index contributed by atoms with van der Waals surface area (Å²) >= 11 is 0. The molecule has 0 saturated carbocycles. The normalized spacial score (nSPS) is 16.9. The highest BCUT2D eigenvalue weighted by Gasteiger charge is 2.40. The molecule has 33 heavy (non-hydrogen) atoms. The largest absolute Gasteiger partial charge is 0.418 e. The van der Waals surface area contributed by atoms with Gasteiger partial charge in [-0.15, -0.1) is 10.2 Å². The van der Waals surface area contributed by atoms with Gasteiger partial charge in [0.15, 0.2) is 0 Å². The molecule has 4 aromatic heterocycles. The van der Waals surface area contributed by atoms with E-state index in [1.807, 2.05) is 20.8 Å². The van der Waals surface area contributed by atoms with Crippen LogP contribution in [0.1, 0.15) is 66.0 Å². The summed E-state index contributed by atoms with van der Waals surface area (Å²) in [6, 6.07) is 2.80. The Labute approximate surface area is 185 Å². The van der Waals surface area contributed by atoms with Gasteiger partial charge in [0.2, 0.25) is 5.89 Å². The lowest BCUT2D eigenvalue weighted by molar-refractivity contribution is -0.136. The number of carbonyl (C=O) groups is 1. The van der Waals surface area contributed by atoms with Gasteiger partial charge in [-0.1, -0.05) is 20.8 Å². The lowest BCUT2D eigenvalue weighted by atomic mass is 9.97. The first-order chi connectivity index (χ1) is 15.5. The van der Waals surface area contributed by atoms with Crippen molar-refractivity contribution >= 4 is 11.4 Å². The van der Waals surface area contributed by atoms with Gasteiger partial charge in [-0.3, -0.25) is 4.79 Å². The van der Waals surface area contributed by atoms with E-state index in [9.17, 15) is 18.0 Å². The molecule has 0 bridgehead atoms. The molecule has 4 aromatic rings. The van der Waals surface area contributed by atoms with Gasteiger partial charge in [0.05, 0.1) is 28.8 Å². The maximum atomic E-state index is 13.5. The van der Waals surface area contributed by atoms with Gasteiger partial charge in [-0.25, -0.2) is 9.50 Å². The molecule has 5 heterocycles. The number of aromatic nitrogens is 6. The van der Waals surface area contributed by atoms with Crippen LogP contribution in [0.25, 0.3) is 5.52 Å². The number of carbonyl (C=O) groups excluding carboxylic acids is 1. The zero-order valence-electron chi connectivity index (χ0n) is 18.0. The van der Waals surface area contributed by atoms with Crippen LogP contribution < -0.4 is 0 Å². The standard InChI is InChI=1S/C21H20F3N7O2/c1-20(2,3)19-28-27-17(33-19)18(32)30-8-6-12-15(26-10-25-12)16(30)13-9-14-11(21(22,23)24)5-4-7-31(14)29-13/h4-5,7,9-10,16H,6,8H2,1-3H3,(H,25,26). The molecule has 1 atom stereocenters. The molecule has 1 aliphatic rings. The summed E-state index contributed by atoms with van der Waals surface area (Å²) in [6.07, 6.45) is -1.14. The van der Waals surface area contributed by atoms with E-state index in [1.165, 1.54) is 29.6 Å². The number of imidazole rings is 1. The van der Waals surface area contributed by atoms with Crippen molar-refractivity contribution in [2.45, 2.75) is 44.8 Å². The molecule has 0 saturated heterocycles. The fraction of sp³-hybridized carbons (Fsp3) is 0.381. The summed E-state index contributed by atoms with van der Waals surface area (Å²) in [6.45, 7) is 5.90. The van der Waals surface area contributed by atoms with Gasteiger partial charge < -0.3 is 14.3 Å². The number of hydrogen-bond acceptors (Lipinski definition) is 6. The van der Waals surface area contributed by atoms with E-state index in [4.69, 9.17) is 4.42 Å². The minimum absolute atomic E-state index is 0.108. The third kappa shape index (κ3) is 3.55. The Hall–Kier alpha value is -3.70. The number of hydrogen-bond donors (Lipinski definition) is 1. The summed E-state index contributed by atoms with van der Waals surface area (Å²) in [5.74, 6) is -0.421. The zero-order chi connectivity index (χ0) is 23.5. The number of halogens is 3. The van der Waals surface area contributed by atoms with Gasteiger partial charge in [-0.05, 0) is 18.2 Å². The lowest BCUT2D eigenvalue weighted by Crippen LogP contribution is -2.41. The molecule has 1 unspecified atom stereocenters. The Bertz CT molecular complexity index is 1350. The molecule has 1 N–H and O–H groups in total. The third-order valence-electron chi connectivity index (χ3n) is 5.54. The van der Waals surface area contributed by atoms with Crippen molar-refractivity contribution in [1.82, 2.24) is 34.7 Å². The Balaban J connectivity index is 1.61. The molecule has 0 fully saturated rings. The lowest BCUT2D eigenvalue weighted by Gasteiger charge is -2.32. The first-order valence-electron chi connectivity index (χ1n) is 10.3. The zero-order valence-corrected chi connectivity index (χ0v) is 18.0. The fourth-order valence-corrected chi connectivity index (χ4v) is 3.94. The van der Waals surface area contributed by atoms with Crippen molar-refractivity contribution in [3.63, 3.8) is 0 Å². The Morgan fingerprint density at radius 2 is 2.03 bits per heavy atom. The van der Waals surface area contributed by atoms with E-state index >= 15 is 0 Å². The molecular formula is C21H20F3N7O2. The molecule has 5 rings (SSSR count). The number of pyridine rings is 1. The summed E-state index contributed by atoms with van der Waals surface area (Å²) in [4.78, 5) is 22.2. The van der Waals surface area contributed by atoms with Crippen LogP contribution in [0.15, 0.2) is 35.1 Å². The molecule has 1 amide bonds. The van der Waals surface area contributed by atoms with Gasteiger partial charge in [-0.2, -0.15) is 18.3 Å². The third-order valence-corrected chi connectivity index (χ3v) is 5.54. The van der Waals surface area contributed by atoms with Crippen LogP contribution in [0, 0.1) is 0 Å². The Kier molecular flexibility index (Phi) is 4.59. The molecule has 0 aromatic carbocycles. The van der Waals surface area contributed by atoms with Crippen molar-refractivity contribution in [2.75, 3.05) is 6.54 Å². The van der Waals surface area contributed by atoms with Crippen LogP contribution >= 0.6 is 0 Å². The maximum Gasteiger partial charge on any atom is 0.418 e. The minimum atomic E-state index is -4.55. The number of aromatic amines is 1. The van der Waals surface area contributed by atoms with Gasteiger partial charge in [0.25, 0.3) is 0 Å². The summed E-state index contributed by atoms with van der Waals surface area (Å²) in [5, 5.41) is 12.2. The van der Waals surface area contributed by atoms with Crippen LogP contribution in [0.3, 0.4) is 0 Å². The first-order valence-corrected chi connectivity index (χ1v) is 10.3. The van der Waals surface area contributed by atoms with E-state index in [0.717, 1.165) is 16.3 Å². The van der Waals surface area contributed by atoms with Gasteiger partial charge >= 0.3 is 18.0 Å².